The summed E-state index contributed by atoms with van der Waals surface area (Å²) in [5, 5.41) is 6.51. The van der Waals surface area contributed by atoms with E-state index in [4.69, 9.17) is 10.3 Å². The minimum absolute atomic E-state index is 0.167. The topological polar surface area (TPSA) is 120 Å². The Morgan fingerprint density at radius 1 is 1.46 bits per heavy atom. The highest BCUT2D eigenvalue weighted by Gasteiger charge is 2.67. The summed E-state index contributed by atoms with van der Waals surface area (Å²) >= 11 is 3.30. The molecule has 3 rings (SSSR count). The lowest BCUT2D eigenvalue weighted by molar-refractivity contribution is -0.121. The molecule has 10 heteroatoms. The third-order valence-corrected chi connectivity index (χ3v) is 5.52. The molecular formula is C18H23BrN6O3. The molecular weight excluding hydrogens is 428 g/mol. The highest BCUT2D eigenvalue weighted by Crippen LogP contribution is 2.60. The fourth-order valence-corrected chi connectivity index (χ4v) is 3.98. The monoisotopic (exact) mass is 450 g/mol. The molecule has 1 aromatic rings. The molecule has 28 heavy (non-hydrogen) atoms. The van der Waals surface area contributed by atoms with Crippen molar-refractivity contribution in [3.8, 4) is 0 Å². The van der Waals surface area contributed by atoms with E-state index in [-0.39, 0.29) is 23.9 Å². The van der Waals surface area contributed by atoms with E-state index in [2.05, 4.69) is 36.3 Å². The van der Waals surface area contributed by atoms with Gasteiger partial charge in [0, 0.05) is 22.9 Å². The smallest absolute Gasteiger partial charge is 0.411 e. The third kappa shape index (κ3) is 4.07. The third-order valence-electron chi connectivity index (χ3n) is 5.08. The number of aryl methyl sites for hydroxylation is 1. The van der Waals surface area contributed by atoms with Crippen molar-refractivity contribution in [1.29, 1.82) is 0 Å². The lowest BCUT2D eigenvalue weighted by atomic mass is 9.99. The van der Waals surface area contributed by atoms with E-state index >= 15 is 0 Å². The molecule has 1 aromatic heterocycles. The first-order valence-corrected chi connectivity index (χ1v) is 9.82. The molecule has 0 spiro atoms. The lowest BCUT2D eigenvalue weighted by Crippen LogP contribution is -2.47. The normalized spacial score (nSPS) is 25.5. The number of nitrogens with one attached hydrogen (secondary N) is 1. The Balaban J connectivity index is 1.83. The van der Waals surface area contributed by atoms with Crippen molar-refractivity contribution in [3.05, 3.63) is 32.7 Å². The lowest BCUT2D eigenvalue weighted by Gasteiger charge is -2.29. The van der Waals surface area contributed by atoms with Gasteiger partial charge in [-0.05, 0) is 73.6 Å². The van der Waals surface area contributed by atoms with E-state index in [9.17, 15) is 9.59 Å². The summed E-state index contributed by atoms with van der Waals surface area (Å²) < 4.78 is 6.13. The summed E-state index contributed by atoms with van der Waals surface area (Å²) in [5.41, 5.74) is 8.46. The van der Waals surface area contributed by atoms with E-state index in [0.717, 1.165) is 5.56 Å². The maximum Gasteiger partial charge on any atom is 0.411 e. The highest BCUT2D eigenvalue weighted by molar-refractivity contribution is 9.10. The predicted octanol–water partition coefficient (Wildman–Crippen LogP) is 4.17. The fourth-order valence-electron chi connectivity index (χ4n) is 3.67. The van der Waals surface area contributed by atoms with E-state index in [1.54, 1.807) is 26.8 Å². The number of carbonyl (C=O) groups is 2. The number of aromatic nitrogens is 1. The number of hydrogen-bond acceptors (Lipinski definition) is 5. The number of likely N-dealkylation sites (tertiary alicyclic amines) is 1. The Kier molecular flexibility index (Phi) is 5.29. The van der Waals surface area contributed by atoms with E-state index in [1.807, 2.05) is 13.0 Å². The van der Waals surface area contributed by atoms with Crippen molar-refractivity contribution in [2.45, 2.75) is 58.2 Å². The van der Waals surface area contributed by atoms with Crippen LogP contribution in [-0.4, -0.2) is 46.1 Å². The van der Waals surface area contributed by atoms with Crippen LogP contribution in [0.15, 0.2) is 21.9 Å². The zero-order valence-corrected chi connectivity index (χ0v) is 17.9. The van der Waals surface area contributed by atoms with Crippen LogP contribution < -0.4 is 5.32 Å². The first kappa shape index (κ1) is 20.4. The summed E-state index contributed by atoms with van der Waals surface area (Å²) in [6.07, 6.45) is 0.592. The molecule has 0 unspecified atom stereocenters. The number of hydrogen-bond donors (Lipinski definition) is 1. The largest absolute Gasteiger partial charge is 0.444 e. The number of pyridine rings is 1. The molecule has 1 saturated heterocycles. The summed E-state index contributed by atoms with van der Waals surface area (Å²) in [6, 6.07) is 2.76. The number of anilines is 1. The van der Waals surface area contributed by atoms with Crippen molar-refractivity contribution in [2.75, 3.05) is 11.9 Å². The number of carbonyl (C=O) groups excluding carboxylic acids is 2. The molecule has 2 amide bonds. The maximum atomic E-state index is 13.0. The Bertz CT molecular complexity index is 863. The zero-order chi connectivity index (χ0) is 20.7. The second-order valence-corrected chi connectivity index (χ2v) is 9.18. The molecule has 1 aliphatic heterocycles. The highest BCUT2D eigenvalue weighted by atomic mass is 79.9. The van der Waals surface area contributed by atoms with Gasteiger partial charge >= 0.3 is 6.09 Å². The van der Waals surface area contributed by atoms with E-state index in [1.165, 1.54) is 4.90 Å². The van der Waals surface area contributed by atoms with Gasteiger partial charge in [-0.3, -0.25) is 9.69 Å². The molecule has 2 heterocycles. The van der Waals surface area contributed by atoms with Gasteiger partial charge in [0.1, 0.15) is 22.1 Å². The van der Waals surface area contributed by atoms with Gasteiger partial charge in [0.05, 0.1) is 0 Å². The average Bonchev–Trinajstić information content (AvgIpc) is 3.18. The second-order valence-electron chi connectivity index (χ2n) is 8.37. The van der Waals surface area contributed by atoms with Crippen LogP contribution in [0.3, 0.4) is 0 Å². The molecule has 150 valence electrons. The Morgan fingerprint density at radius 3 is 2.82 bits per heavy atom. The van der Waals surface area contributed by atoms with Gasteiger partial charge in [-0.15, -0.1) is 0 Å². The first-order chi connectivity index (χ1) is 13.1. The number of fused-ring (bicyclic) bond motifs is 1. The van der Waals surface area contributed by atoms with Crippen molar-refractivity contribution in [2.24, 2.45) is 10.5 Å². The molecule has 0 radical (unpaired) electrons. The summed E-state index contributed by atoms with van der Waals surface area (Å²) in [4.78, 5) is 34.4. The number of halogens is 1. The molecule has 9 nitrogen and oxygen atoms in total. The Morgan fingerprint density at radius 2 is 2.18 bits per heavy atom. The minimum atomic E-state index is -0.706. The molecule has 2 aliphatic rings. The predicted molar refractivity (Wildman–Crippen MR) is 107 cm³/mol. The number of amides is 2. The van der Waals surface area contributed by atoms with Gasteiger partial charge in [-0.1, -0.05) is 11.2 Å². The van der Waals surface area contributed by atoms with Gasteiger partial charge in [0.15, 0.2) is 0 Å². The molecule has 1 saturated carbocycles. The van der Waals surface area contributed by atoms with Crippen LogP contribution in [0.2, 0.25) is 0 Å². The van der Waals surface area contributed by atoms with E-state index in [0.29, 0.717) is 23.3 Å². The number of nitrogens with zero attached hydrogens (tertiary/aromatic N) is 5. The van der Waals surface area contributed by atoms with Crippen molar-refractivity contribution >= 4 is 33.7 Å². The van der Waals surface area contributed by atoms with Crippen LogP contribution in [0.5, 0.6) is 0 Å². The van der Waals surface area contributed by atoms with E-state index < -0.39 is 17.7 Å². The molecule has 0 aromatic carbocycles. The number of ether oxygens (including phenoxy) is 1. The van der Waals surface area contributed by atoms with Crippen LogP contribution in [0, 0.1) is 12.3 Å². The molecule has 1 aliphatic carbocycles. The van der Waals surface area contributed by atoms with Crippen LogP contribution in [0.4, 0.5) is 10.6 Å². The quantitative estimate of drug-likeness (QED) is 0.320. The van der Waals surface area contributed by atoms with Gasteiger partial charge < -0.3 is 10.1 Å². The maximum absolute atomic E-state index is 13.0. The van der Waals surface area contributed by atoms with Gasteiger partial charge in [-0.2, -0.15) is 0 Å². The first-order valence-electron chi connectivity index (χ1n) is 9.02. The Labute approximate surface area is 171 Å². The van der Waals surface area contributed by atoms with Crippen LogP contribution >= 0.6 is 15.9 Å². The summed E-state index contributed by atoms with van der Waals surface area (Å²) in [7, 11) is 0. The number of azide groups is 1. The number of piperidine rings is 1. The van der Waals surface area contributed by atoms with Crippen molar-refractivity contribution in [3.63, 3.8) is 0 Å². The fraction of sp³-hybridized carbons (Fsp3) is 0.611. The zero-order valence-electron chi connectivity index (χ0n) is 16.3. The van der Waals surface area contributed by atoms with Gasteiger partial charge in [0.25, 0.3) is 0 Å². The van der Waals surface area contributed by atoms with Gasteiger partial charge in [0.2, 0.25) is 5.91 Å². The molecule has 1 N–H and O–H groups in total. The summed E-state index contributed by atoms with van der Waals surface area (Å²) in [5.74, 6) is 0.111. The van der Waals surface area contributed by atoms with Crippen LogP contribution in [-0.2, 0) is 9.53 Å². The Hall–Kier alpha value is -2.32. The molecule has 0 bridgehead atoms. The van der Waals surface area contributed by atoms with Crippen molar-refractivity contribution in [1.82, 2.24) is 9.88 Å². The van der Waals surface area contributed by atoms with Crippen LogP contribution in [0.1, 0.15) is 39.2 Å². The van der Waals surface area contributed by atoms with Crippen LogP contribution in [0.25, 0.3) is 10.4 Å². The van der Waals surface area contributed by atoms with Crippen molar-refractivity contribution < 1.29 is 14.3 Å². The average molecular weight is 451 g/mol. The molecule has 2 fully saturated rings. The van der Waals surface area contributed by atoms with Gasteiger partial charge in [-0.25, -0.2) is 9.78 Å². The standard InChI is InChI=1S/C18H23BrN6O3/c1-10-5-6-13(19)22-14(10)23-15(26)11-7-18(9-21-24-20)8-12(18)25(11)16(27)28-17(2,3)4/h5-6,11-12H,7-9H2,1-4H3,(H,22,23,26)/t11-,12+,18-/m0/s1. The number of rotatable bonds is 4. The SMILES string of the molecule is Cc1ccc(Br)nc1NC(=O)[C@@H]1C[C@@]2(CN=[N+]=[N-])C[C@H]2N1C(=O)OC(C)(C)C. The molecule has 3 atom stereocenters. The minimum Gasteiger partial charge on any atom is -0.444 e. The summed E-state index contributed by atoms with van der Waals surface area (Å²) in [6.45, 7) is 7.45. The second kappa shape index (κ2) is 7.25.